The Kier molecular flexibility index (Phi) is 5.32. The molecule has 4 nitrogen and oxygen atoms in total. The normalized spacial score (nSPS) is 11.5. The van der Waals surface area contributed by atoms with Gasteiger partial charge in [0.1, 0.15) is 5.69 Å². The zero-order chi connectivity index (χ0) is 27.3. The Bertz CT molecular complexity index is 2130. The Balaban J connectivity index is 1.47. The van der Waals surface area contributed by atoms with Gasteiger partial charge in [-0.3, -0.25) is 4.98 Å². The summed E-state index contributed by atoms with van der Waals surface area (Å²) in [5, 5.41) is 9.28. The van der Waals surface area contributed by atoms with Crippen LogP contribution in [0.1, 0.15) is 5.56 Å². The van der Waals surface area contributed by atoms with Crippen LogP contribution in [0.3, 0.4) is 0 Å². The lowest BCUT2D eigenvalue weighted by atomic mass is 9.96. The van der Waals surface area contributed by atoms with E-state index in [1.165, 1.54) is 21.5 Å². The van der Waals surface area contributed by atoms with Gasteiger partial charge in [0.2, 0.25) is 0 Å². The van der Waals surface area contributed by atoms with Gasteiger partial charge in [-0.2, -0.15) is 0 Å². The smallest absolute Gasteiger partial charge is 0.182 e. The Morgan fingerprint density at radius 2 is 0.854 bits per heavy atom. The highest BCUT2D eigenvalue weighted by molar-refractivity contribution is 6.14. The summed E-state index contributed by atoms with van der Waals surface area (Å²) in [5.74, 6) is 1.82. The van der Waals surface area contributed by atoms with Crippen LogP contribution in [0.25, 0.3) is 77.4 Å². The van der Waals surface area contributed by atoms with Crippen LogP contribution >= 0.6 is 0 Å². The van der Waals surface area contributed by atoms with E-state index in [0.717, 1.165) is 43.9 Å². The van der Waals surface area contributed by atoms with Crippen LogP contribution in [-0.4, -0.2) is 19.9 Å². The SMILES string of the molecule is Cc1ccc(-c2nc(-c3cc4ccccc4c4ccccc34)nc(-c3cc4ccccc4c4ccccc34)n2)nc1. The lowest BCUT2D eigenvalue weighted by molar-refractivity contribution is 1.06. The monoisotopic (exact) mass is 524 g/mol. The van der Waals surface area contributed by atoms with Gasteiger partial charge in [-0.1, -0.05) is 103 Å². The summed E-state index contributed by atoms with van der Waals surface area (Å²) in [7, 11) is 0. The molecule has 0 unspecified atom stereocenters. The summed E-state index contributed by atoms with van der Waals surface area (Å²) in [6.07, 6.45) is 1.86. The molecule has 0 spiro atoms. The molecular formula is C37H24N4. The molecule has 192 valence electrons. The third kappa shape index (κ3) is 3.92. The fourth-order valence-corrected chi connectivity index (χ4v) is 5.81. The first-order valence-corrected chi connectivity index (χ1v) is 13.7. The number of hydrogen-bond donors (Lipinski definition) is 0. The van der Waals surface area contributed by atoms with Crippen molar-refractivity contribution in [2.45, 2.75) is 6.92 Å². The molecule has 0 saturated carbocycles. The van der Waals surface area contributed by atoms with Crippen molar-refractivity contribution in [3.63, 3.8) is 0 Å². The molecule has 0 aliphatic carbocycles. The Morgan fingerprint density at radius 3 is 1.34 bits per heavy atom. The summed E-state index contributed by atoms with van der Waals surface area (Å²) in [5.41, 5.74) is 3.75. The molecule has 41 heavy (non-hydrogen) atoms. The van der Waals surface area contributed by atoms with Crippen LogP contribution in [0.2, 0.25) is 0 Å². The van der Waals surface area contributed by atoms with Crippen molar-refractivity contribution >= 4 is 43.1 Å². The van der Waals surface area contributed by atoms with Crippen molar-refractivity contribution < 1.29 is 0 Å². The molecule has 8 rings (SSSR count). The average molecular weight is 525 g/mol. The maximum atomic E-state index is 5.18. The van der Waals surface area contributed by atoms with E-state index in [9.17, 15) is 0 Å². The quantitative estimate of drug-likeness (QED) is 0.216. The van der Waals surface area contributed by atoms with Gasteiger partial charge in [0.15, 0.2) is 17.5 Å². The molecule has 6 aromatic carbocycles. The van der Waals surface area contributed by atoms with Crippen LogP contribution < -0.4 is 0 Å². The van der Waals surface area contributed by atoms with Crippen LogP contribution in [0.15, 0.2) is 128 Å². The van der Waals surface area contributed by atoms with Crippen molar-refractivity contribution in [2.24, 2.45) is 0 Å². The molecule has 2 heterocycles. The summed E-state index contributed by atoms with van der Waals surface area (Å²) < 4.78 is 0. The number of hydrogen-bond acceptors (Lipinski definition) is 4. The first-order chi connectivity index (χ1) is 20.2. The van der Waals surface area contributed by atoms with Crippen LogP contribution in [0, 0.1) is 6.92 Å². The molecule has 0 atom stereocenters. The van der Waals surface area contributed by atoms with Crippen LogP contribution in [0.4, 0.5) is 0 Å². The van der Waals surface area contributed by atoms with Crippen LogP contribution in [-0.2, 0) is 0 Å². The first-order valence-electron chi connectivity index (χ1n) is 13.7. The molecule has 2 aromatic heterocycles. The molecule has 0 bridgehead atoms. The Morgan fingerprint density at radius 1 is 0.415 bits per heavy atom. The second kappa shape index (κ2) is 9.32. The van der Waals surface area contributed by atoms with Crippen molar-refractivity contribution in [2.75, 3.05) is 0 Å². The fraction of sp³-hybridized carbons (Fsp3) is 0.0270. The van der Waals surface area contributed by atoms with Gasteiger partial charge in [-0.05, 0) is 73.8 Å². The van der Waals surface area contributed by atoms with E-state index < -0.39 is 0 Å². The topological polar surface area (TPSA) is 51.6 Å². The van der Waals surface area contributed by atoms with E-state index in [1.54, 1.807) is 0 Å². The Labute approximate surface area is 237 Å². The third-order valence-electron chi connectivity index (χ3n) is 7.79. The summed E-state index contributed by atoms with van der Waals surface area (Å²) in [6.45, 7) is 2.03. The van der Waals surface area contributed by atoms with Gasteiger partial charge in [0.05, 0.1) is 0 Å². The lowest BCUT2D eigenvalue weighted by Crippen LogP contribution is -2.02. The standard InChI is InChI=1S/C37H24N4/c1-23-18-19-34(38-22-23)37-40-35(32-20-24-10-2-4-12-26(24)28-14-6-8-16-30(28)32)39-36(41-37)33-21-25-11-3-5-13-27(25)29-15-7-9-17-31(29)33/h2-22H,1H3. The zero-order valence-corrected chi connectivity index (χ0v) is 22.4. The fourth-order valence-electron chi connectivity index (χ4n) is 5.81. The number of pyridine rings is 1. The van der Waals surface area contributed by atoms with Gasteiger partial charge in [-0.15, -0.1) is 0 Å². The second-order valence-corrected chi connectivity index (χ2v) is 10.4. The average Bonchev–Trinajstić information content (AvgIpc) is 3.04. The molecule has 4 heteroatoms. The molecule has 0 aliphatic rings. The molecule has 0 aliphatic heterocycles. The molecule has 0 radical (unpaired) electrons. The lowest BCUT2D eigenvalue weighted by Gasteiger charge is -2.14. The number of fused-ring (bicyclic) bond motifs is 6. The van der Waals surface area contributed by atoms with Gasteiger partial charge in [0.25, 0.3) is 0 Å². The van der Waals surface area contributed by atoms with E-state index in [4.69, 9.17) is 15.0 Å². The van der Waals surface area contributed by atoms with Crippen molar-refractivity contribution in [3.8, 4) is 34.3 Å². The maximum absolute atomic E-state index is 5.18. The predicted octanol–water partition coefficient (Wildman–Crippen LogP) is 9.19. The minimum atomic E-state index is 0.555. The number of aromatic nitrogens is 4. The second-order valence-electron chi connectivity index (χ2n) is 10.4. The summed E-state index contributed by atoms with van der Waals surface area (Å²) in [6, 6.07) is 42.3. The molecule has 0 saturated heterocycles. The first kappa shape index (κ1) is 23.4. The van der Waals surface area contributed by atoms with E-state index in [0.29, 0.717) is 17.5 Å². The van der Waals surface area contributed by atoms with Crippen molar-refractivity contribution in [1.82, 2.24) is 19.9 Å². The minimum absolute atomic E-state index is 0.555. The van der Waals surface area contributed by atoms with Gasteiger partial charge in [0, 0.05) is 17.3 Å². The van der Waals surface area contributed by atoms with E-state index in [1.807, 2.05) is 25.3 Å². The highest BCUT2D eigenvalue weighted by Gasteiger charge is 2.18. The highest BCUT2D eigenvalue weighted by atomic mass is 15.0. The predicted molar refractivity (Wildman–Crippen MR) is 169 cm³/mol. The number of aryl methyl sites for hydroxylation is 1. The minimum Gasteiger partial charge on any atom is -0.253 e. The molecule has 0 fully saturated rings. The molecule has 0 N–H and O–H groups in total. The van der Waals surface area contributed by atoms with Gasteiger partial charge >= 0.3 is 0 Å². The van der Waals surface area contributed by atoms with Crippen LogP contribution in [0.5, 0.6) is 0 Å². The van der Waals surface area contributed by atoms with E-state index >= 15 is 0 Å². The van der Waals surface area contributed by atoms with Gasteiger partial charge in [-0.25, -0.2) is 15.0 Å². The van der Waals surface area contributed by atoms with Gasteiger partial charge < -0.3 is 0 Å². The number of benzene rings is 6. The summed E-state index contributed by atoms with van der Waals surface area (Å²) >= 11 is 0. The highest BCUT2D eigenvalue weighted by Crippen LogP contribution is 2.37. The maximum Gasteiger partial charge on any atom is 0.182 e. The van der Waals surface area contributed by atoms with Crippen molar-refractivity contribution in [3.05, 3.63) is 133 Å². The number of nitrogens with zero attached hydrogens (tertiary/aromatic N) is 4. The van der Waals surface area contributed by atoms with Crippen molar-refractivity contribution in [1.29, 1.82) is 0 Å². The third-order valence-corrected chi connectivity index (χ3v) is 7.79. The van der Waals surface area contributed by atoms with E-state index in [2.05, 4.69) is 114 Å². The zero-order valence-electron chi connectivity index (χ0n) is 22.4. The Hall–Kier alpha value is -5.48. The molecular weight excluding hydrogens is 500 g/mol. The largest absolute Gasteiger partial charge is 0.253 e. The molecule has 0 amide bonds. The molecule has 8 aromatic rings. The van der Waals surface area contributed by atoms with E-state index in [-0.39, 0.29) is 0 Å². The summed E-state index contributed by atoms with van der Waals surface area (Å²) in [4.78, 5) is 20.0. The number of rotatable bonds is 3.